The molecule has 0 spiro atoms. The summed E-state index contributed by atoms with van der Waals surface area (Å²) in [6.07, 6.45) is 8.18. The molecule has 6 heteroatoms. The molecule has 1 aliphatic rings. The van der Waals surface area contributed by atoms with Crippen LogP contribution in [-0.4, -0.2) is 46.3 Å². The van der Waals surface area contributed by atoms with E-state index < -0.39 is 0 Å². The van der Waals surface area contributed by atoms with Crippen LogP contribution in [0.3, 0.4) is 0 Å². The van der Waals surface area contributed by atoms with Gasteiger partial charge in [0.25, 0.3) is 0 Å². The van der Waals surface area contributed by atoms with Crippen molar-refractivity contribution in [1.82, 2.24) is 20.2 Å². The number of likely N-dealkylation sites (tertiary alicyclic amines) is 1. The zero-order valence-corrected chi connectivity index (χ0v) is 12.4. The highest BCUT2D eigenvalue weighted by atomic mass is 16.2. The highest BCUT2D eigenvalue weighted by Crippen LogP contribution is 2.20. The highest BCUT2D eigenvalue weighted by molar-refractivity contribution is 5.78. The van der Waals surface area contributed by atoms with E-state index in [0.717, 1.165) is 44.6 Å². The molecule has 0 radical (unpaired) electrons. The van der Waals surface area contributed by atoms with E-state index >= 15 is 0 Å². The molecule has 0 aliphatic carbocycles. The number of carbonyl (C=O) groups is 2. The Morgan fingerprint density at radius 2 is 2.10 bits per heavy atom. The molecule has 1 N–H and O–H groups in total. The van der Waals surface area contributed by atoms with E-state index in [-0.39, 0.29) is 11.8 Å². The second kappa shape index (κ2) is 7.71. The standard InChI is InChI=1S/C15H22N4O2/c1-12(20)17-5-2-13-3-8-19(9-4-13)15(21)10-14-11-16-6-7-18-14/h6-7,11,13H,2-5,8-10H2,1H3,(H,17,20). The average molecular weight is 290 g/mol. The number of nitrogens with one attached hydrogen (secondary N) is 1. The van der Waals surface area contributed by atoms with Crippen molar-refractivity contribution in [2.75, 3.05) is 19.6 Å². The van der Waals surface area contributed by atoms with Gasteiger partial charge in [-0.3, -0.25) is 19.6 Å². The predicted molar refractivity (Wildman–Crippen MR) is 78.3 cm³/mol. The number of hydrogen-bond donors (Lipinski definition) is 1. The summed E-state index contributed by atoms with van der Waals surface area (Å²) < 4.78 is 0. The molecule has 0 aromatic carbocycles. The third kappa shape index (κ3) is 5.13. The Balaban J connectivity index is 1.71. The normalized spacial score (nSPS) is 15.8. The second-order valence-electron chi connectivity index (χ2n) is 5.47. The van der Waals surface area contributed by atoms with Gasteiger partial charge in [0.1, 0.15) is 0 Å². The quantitative estimate of drug-likeness (QED) is 0.869. The molecule has 2 heterocycles. The van der Waals surface area contributed by atoms with E-state index in [4.69, 9.17) is 0 Å². The maximum atomic E-state index is 12.2. The third-order valence-corrected chi connectivity index (χ3v) is 3.84. The van der Waals surface area contributed by atoms with Crippen molar-refractivity contribution >= 4 is 11.8 Å². The molecule has 6 nitrogen and oxygen atoms in total. The third-order valence-electron chi connectivity index (χ3n) is 3.84. The summed E-state index contributed by atoms with van der Waals surface area (Å²) in [7, 11) is 0. The first kappa shape index (κ1) is 15.4. The van der Waals surface area contributed by atoms with Crippen LogP contribution < -0.4 is 5.32 Å². The van der Waals surface area contributed by atoms with E-state index in [1.807, 2.05) is 4.90 Å². The molecule has 0 atom stereocenters. The number of aromatic nitrogens is 2. The summed E-state index contributed by atoms with van der Waals surface area (Å²) in [4.78, 5) is 33.0. The molecule has 1 aromatic rings. The minimum Gasteiger partial charge on any atom is -0.356 e. The monoisotopic (exact) mass is 290 g/mol. The first-order valence-corrected chi connectivity index (χ1v) is 7.42. The van der Waals surface area contributed by atoms with Gasteiger partial charge in [-0.05, 0) is 25.2 Å². The summed E-state index contributed by atoms with van der Waals surface area (Å²) >= 11 is 0. The molecule has 1 aliphatic heterocycles. The Bertz CT molecular complexity index is 470. The smallest absolute Gasteiger partial charge is 0.228 e. The predicted octanol–water partition coefficient (Wildman–Crippen LogP) is 0.784. The van der Waals surface area contributed by atoms with Gasteiger partial charge in [-0.15, -0.1) is 0 Å². The zero-order valence-electron chi connectivity index (χ0n) is 12.4. The van der Waals surface area contributed by atoms with Crippen LogP contribution in [0, 0.1) is 5.92 Å². The fraction of sp³-hybridized carbons (Fsp3) is 0.600. The lowest BCUT2D eigenvalue weighted by atomic mass is 9.93. The Labute approximate surface area is 125 Å². The van der Waals surface area contributed by atoms with Gasteiger partial charge in [0.2, 0.25) is 11.8 Å². The fourth-order valence-electron chi connectivity index (χ4n) is 2.61. The summed E-state index contributed by atoms with van der Waals surface area (Å²) in [6.45, 7) is 3.86. The fourth-order valence-corrected chi connectivity index (χ4v) is 2.61. The van der Waals surface area contributed by atoms with Crippen LogP contribution in [-0.2, 0) is 16.0 Å². The summed E-state index contributed by atoms with van der Waals surface area (Å²) in [6, 6.07) is 0. The molecule has 0 bridgehead atoms. The topological polar surface area (TPSA) is 75.2 Å². The van der Waals surface area contributed by atoms with Crippen LogP contribution in [0.4, 0.5) is 0 Å². The first-order valence-electron chi connectivity index (χ1n) is 7.42. The van der Waals surface area contributed by atoms with Crippen molar-refractivity contribution < 1.29 is 9.59 Å². The van der Waals surface area contributed by atoms with Crippen LogP contribution >= 0.6 is 0 Å². The van der Waals surface area contributed by atoms with Gasteiger partial charge in [0, 0.05) is 45.1 Å². The van der Waals surface area contributed by atoms with Crippen LogP contribution in [0.1, 0.15) is 31.9 Å². The summed E-state index contributed by atoms with van der Waals surface area (Å²) in [5.41, 5.74) is 0.718. The Hall–Kier alpha value is -1.98. The molecular weight excluding hydrogens is 268 g/mol. The van der Waals surface area contributed by atoms with Crippen molar-refractivity contribution in [2.24, 2.45) is 5.92 Å². The number of rotatable bonds is 5. The molecule has 21 heavy (non-hydrogen) atoms. The molecule has 0 unspecified atom stereocenters. The number of nitrogens with zero attached hydrogens (tertiary/aromatic N) is 3. The van der Waals surface area contributed by atoms with Crippen LogP contribution in [0.25, 0.3) is 0 Å². The molecule has 1 aromatic heterocycles. The lowest BCUT2D eigenvalue weighted by molar-refractivity contribution is -0.131. The second-order valence-corrected chi connectivity index (χ2v) is 5.47. The number of piperidine rings is 1. The highest BCUT2D eigenvalue weighted by Gasteiger charge is 2.22. The van der Waals surface area contributed by atoms with E-state index in [2.05, 4.69) is 15.3 Å². The Kier molecular flexibility index (Phi) is 5.66. The minimum absolute atomic E-state index is 0.0200. The van der Waals surface area contributed by atoms with Gasteiger partial charge in [0.05, 0.1) is 12.1 Å². The van der Waals surface area contributed by atoms with Gasteiger partial charge in [-0.25, -0.2) is 0 Å². The molecule has 2 amide bonds. The summed E-state index contributed by atoms with van der Waals surface area (Å²) in [5, 5.41) is 2.82. The van der Waals surface area contributed by atoms with Crippen molar-refractivity contribution in [2.45, 2.75) is 32.6 Å². The van der Waals surface area contributed by atoms with Crippen molar-refractivity contribution in [3.63, 3.8) is 0 Å². The molecule has 114 valence electrons. The van der Waals surface area contributed by atoms with E-state index in [1.165, 1.54) is 6.92 Å². The molecular formula is C15H22N4O2. The van der Waals surface area contributed by atoms with Gasteiger partial charge < -0.3 is 10.2 Å². The Morgan fingerprint density at radius 1 is 1.33 bits per heavy atom. The molecule has 1 saturated heterocycles. The van der Waals surface area contributed by atoms with Crippen LogP contribution in [0.5, 0.6) is 0 Å². The first-order chi connectivity index (χ1) is 10.1. The number of hydrogen-bond acceptors (Lipinski definition) is 4. The van der Waals surface area contributed by atoms with E-state index in [9.17, 15) is 9.59 Å². The largest absolute Gasteiger partial charge is 0.356 e. The van der Waals surface area contributed by atoms with Crippen LogP contribution in [0.2, 0.25) is 0 Å². The number of amides is 2. The zero-order chi connectivity index (χ0) is 15.1. The Morgan fingerprint density at radius 3 is 2.71 bits per heavy atom. The van der Waals surface area contributed by atoms with Gasteiger partial charge in [-0.2, -0.15) is 0 Å². The molecule has 0 saturated carbocycles. The van der Waals surface area contributed by atoms with Crippen molar-refractivity contribution in [1.29, 1.82) is 0 Å². The minimum atomic E-state index is 0.0200. The van der Waals surface area contributed by atoms with E-state index in [1.54, 1.807) is 18.6 Å². The SMILES string of the molecule is CC(=O)NCCC1CCN(C(=O)Cc2cnccn2)CC1. The number of carbonyl (C=O) groups excluding carboxylic acids is 2. The van der Waals surface area contributed by atoms with Gasteiger partial charge in [0.15, 0.2) is 0 Å². The maximum absolute atomic E-state index is 12.2. The summed E-state index contributed by atoms with van der Waals surface area (Å²) in [5.74, 6) is 0.736. The molecule has 2 rings (SSSR count). The van der Waals surface area contributed by atoms with Gasteiger partial charge >= 0.3 is 0 Å². The molecule has 1 fully saturated rings. The van der Waals surface area contributed by atoms with Crippen LogP contribution in [0.15, 0.2) is 18.6 Å². The average Bonchev–Trinajstić information content (AvgIpc) is 2.48. The maximum Gasteiger partial charge on any atom is 0.228 e. The van der Waals surface area contributed by atoms with Crippen molar-refractivity contribution in [3.05, 3.63) is 24.3 Å². The van der Waals surface area contributed by atoms with E-state index in [0.29, 0.717) is 12.3 Å². The van der Waals surface area contributed by atoms with Gasteiger partial charge in [-0.1, -0.05) is 0 Å². The lowest BCUT2D eigenvalue weighted by Gasteiger charge is -2.32. The van der Waals surface area contributed by atoms with Crippen molar-refractivity contribution in [3.8, 4) is 0 Å². The lowest BCUT2D eigenvalue weighted by Crippen LogP contribution is -2.40.